The lowest BCUT2D eigenvalue weighted by Gasteiger charge is -2.26. The van der Waals surface area contributed by atoms with E-state index < -0.39 is 5.60 Å². The van der Waals surface area contributed by atoms with Crippen LogP contribution in [-0.2, 0) is 12.1 Å². The van der Waals surface area contributed by atoms with Crippen molar-refractivity contribution in [3.63, 3.8) is 0 Å². The van der Waals surface area contributed by atoms with Crippen molar-refractivity contribution in [3.8, 4) is 0 Å². The number of furan rings is 1. The number of aliphatic imine (C=N–C) groups is 1. The van der Waals surface area contributed by atoms with Gasteiger partial charge in [0.2, 0.25) is 0 Å². The van der Waals surface area contributed by atoms with E-state index in [2.05, 4.69) is 38.4 Å². The van der Waals surface area contributed by atoms with Gasteiger partial charge in [0.05, 0.1) is 12.8 Å². The number of benzene rings is 1. The molecule has 2 aromatic rings. The van der Waals surface area contributed by atoms with E-state index in [1.165, 1.54) is 5.56 Å². The average molecular weight is 380 g/mol. The molecule has 1 heterocycles. The third kappa shape index (κ3) is 4.84. The van der Waals surface area contributed by atoms with Gasteiger partial charge in [-0.25, -0.2) is 0 Å². The van der Waals surface area contributed by atoms with Crippen LogP contribution in [0.25, 0.3) is 0 Å². The molecule has 0 spiro atoms. The fourth-order valence-corrected chi connectivity index (χ4v) is 2.51. The van der Waals surface area contributed by atoms with Crippen molar-refractivity contribution < 1.29 is 9.52 Å². The highest BCUT2D eigenvalue weighted by Gasteiger charge is 2.26. The number of nitrogens with zero attached hydrogens (tertiary/aromatic N) is 2. The summed E-state index contributed by atoms with van der Waals surface area (Å²) in [5.74, 6) is 1.23. The third-order valence-electron chi connectivity index (χ3n) is 3.55. The Kier molecular flexibility index (Phi) is 5.85. The predicted octanol–water partition coefficient (Wildman–Crippen LogP) is 2.96. The standard InChI is InChI=1S/C17H22BrN3O2/c1-17(22,15-5-4-10-23-15)12-20-16(19-2)21(3)11-13-6-8-14(18)9-7-13/h4-10,22H,11-12H2,1-3H3,(H,19,20). The first kappa shape index (κ1) is 17.6. The fourth-order valence-electron chi connectivity index (χ4n) is 2.25. The van der Waals surface area contributed by atoms with E-state index >= 15 is 0 Å². The van der Waals surface area contributed by atoms with Gasteiger partial charge in [-0.15, -0.1) is 0 Å². The molecule has 0 fully saturated rings. The minimum absolute atomic E-state index is 0.303. The molecule has 0 aliphatic carbocycles. The van der Waals surface area contributed by atoms with Crippen LogP contribution in [0, 0.1) is 0 Å². The minimum Gasteiger partial charge on any atom is -0.466 e. The van der Waals surface area contributed by atoms with Gasteiger partial charge >= 0.3 is 0 Å². The monoisotopic (exact) mass is 379 g/mol. The zero-order valence-electron chi connectivity index (χ0n) is 13.6. The van der Waals surface area contributed by atoms with Crippen LogP contribution in [0.5, 0.6) is 0 Å². The fraction of sp³-hybridized carbons (Fsp3) is 0.353. The lowest BCUT2D eigenvalue weighted by atomic mass is 10.0. The topological polar surface area (TPSA) is 61.0 Å². The van der Waals surface area contributed by atoms with Gasteiger partial charge in [-0.05, 0) is 36.8 Å². The van der Waals surface area contributed by atoms with Crippen LogP contribution in [0.4, 0.5) is 0 Å². The average Bonchev–Trinajstić information content (AvgIpc) is 3.05. The van der Waals surface area contributed by atoms with Gasteiger partial charge in [0, 0.05) is 25.1 Å². The van der Waals surface area contributed by atoms with Gasteiger partial charge in [0.25, 0.3) is 0 Å². The summed E-state index contributed by atoms with van der Waals surface area (Å²) in [5.41, 5.74) is 0.0779. The molecule has 0 aliphatic heterocycles. The second kappa shape index (κ2) is 7.66. The molecule has 2 rings (SSSR count). The Morgan fingerprint density at radius 3 is 2.61 bits per heavy atom. The highest BCUT2D eigenvalue weighted by atomic mass is 79.9. The Balaban J connectivity index is 1.95. The Labute approximate surface area is 145 Å². The number of hydrogen-bond donors (Lipinski definition) is 2. The van der Waals surface area contributed by atoms with Crippen LogP contribution < -0.4 is 5.32 Å². The van der Waals surface area contributed by atoms with Crippen molar-refractivity contribution in [1.29, 1.82) is 0 Å². The van der Waals surface area contributed by atoms with Crippen LogP contribution in [0.1, 0.15) is 18.2 Å². The largest absolute Gasteiger partial charge is 0.466 e. The Morgan fingerprint density at radius 2 is 2.04 bits per heavy atom. The van der Waals surface area contributed by atoms with Crippen molar-refractivity contribution in [2.24, 2.45) is 4.99 Å². The first-order valence-electron chi connectivity index (χ1n) is 7.35. The summed E-state index contributed by atoms with van der Waals surface area (Å²) < 4.78 is 6.34. The van der Waals surface area contributed by atoms with E-state index in [4.69, 9.17) is 4.42 Å². The molecule has 0 bridgehead atoms. The van der Waals surface area contributed by atoms with Crippen LogP contribution >= 0.6 is 15.9 Å². The molecule has 5 nitrogen and oxygen atoms in total. The molecule has 0 amide bonds. The molecular formula is C17H22BrN3O2. The van der Waals surface area contributed by atoms with Crippen LogP contribution in [0.15, 0.2) is 56.5 Å². The molecule has 124 valence electrons. The number of hydrogen-bond acceptors (Lipinski definition) is 3. The zero-order chi connectivity index (χ0) is 16.9. The van der Waals surface area contributed by atoms with Gasteiger partial charge in [-0.2, -0.15) is 0 Å². The smallest absolute Gasteiger partial charge is 0.193 e. The van der Waals surface area contributed by atoms with Crippen molar-refractivity contribution in [1.82, 2.24) is 10.2 Å². The van der Waals surface area contributed by atoms with Gasteiger partial charge < -0.3 is 19.7 Å². The first-order chi connectivity index (χ1) is 10.9. The van der Waals surface area contributed by atoms with Crippen LogP contribution in [0.2, 0.25) is 0 Å². The molecule has 1 aromatic carbocycles. The van der Waals surface area contributed by atoms with E-state index in [1.807, 2.05) is 24.1 Å². The van der Waals surface area contributed by atoms with Gasteiger partial charge in [0.1, 0.15) is 11.4 Å². The summed E-state index contributed by atoms with van der Waals surface area (Å²) in [6, 6.07) is 11.7. The molecule has 0 aliphatic rings. The van der Waals surface area contributed by atoms with Gasteiger partial charge in [-0.3, -0.25) is 4.99 Å². The molecule has 6 heteroatoms. The van der Waals surface area contributed by atoms with E-state index in [0.29, 0.717) is 18.3 Å². The molecule has 0 radical (unpaired) electrons. The molecule has 23 heavy (non-hydrogen) atoms. The number of nitrogens with one attached hydrogen (secondary N) is 1. The molecule has 1 unspecified atom stereocenters. The normalized spacial score (nSPS) is 14.4. The van der Waals surface area contributed by atoms with E-state index in [-0.39, 0.29) is 0 Å². The molecule has 1 aromatic heterocycles. The Morgan fingerprint density at radius 1 is 1.35 bits per heavy atom. The number of halogens is 1. The summed E-state index contributed by atoms with van der Waals surface area (Å²) in [7, 11) is 3.68. The predicted molar refractivity (Wildman–Crippen MR) is 95.2 cm³/mol. The zero-order valence-corrected chi connectivity index (χ0v) is 15.2. The summed E-state index contributed by atoms with van der Waals surface area (Å²) in [5, 5.41) is 13.7. The highest BCUT2D eigenvalue weighted by molar-refractivity contribution is 9.10. The number of aliphatic hydroxyl groups is 1. The van der Waals surface area contributed by atoms with Crippen molar-refractivity contribution in [3.05, 3.63) is 58.5 Å². The van der Waals surface area contributed by atoms with E-state index in [0.717, 1.165) is 11.0 Å². The molecule has 2 N–H and O–H groups in total. The maximum atomic E-state index is 10.5. The maximum absolute atomic E-state index is 10.5. The summed E-state index contributed by atoms with van der Waals surface area (Å²) in [6.45, 7) is 2.73. The molecule has 0 saturated carbocycles. The quantitative estimate of drug-likeness (QED) is 0.619. The van der Waals surface area contributed by atoms with E-state index in [9.17, 15) is 5.11 Å². The SMILES string of the molecule is CN=C(NCC(C)(O)c1ccco1)N(C)Cc1ccc(Br)cc1. The second-order valence-electron chi connectivity index (χ2n) is 5.63. The molecule has 1 atom stereocenters. The second-order valence-corrected chi connectivity index (χ2v) is 6.55. The highest BCUT2D eigenvalue weighted by Crippen LogP contribution is 2.20. The van der Waals surface area contributed by atoms with Crippen LogP contribution in [-0.4, -0.2) is 36.6 Å². The minimum atomic E-state index is -1.10. The van der Waals surface area contributed by atoms with Crippen molar-refractivity contribution in [2.45, 2.75) is 19.1 Å². The lowest BCUT2D eigenvalue weighted by molar-refractivity contribution is 0.0381. The lowest BCUT2D eigenvalue weighted by Crippen LogP contribution is -2.44. The Bertz CT molecular complexity index is 636. The maximum Gasteiger partial charge on any atom is 0.193 e. The Hall–Kier alpha value is -1.79. The number of rotatable bonds is 5. The number of guanidine groups is 1. The molecular weight excluding hydrogens is 358 g/mol. The van der Waals surface area contributed by atoms with Gasteiger partial charge in [0.15, 0.2) is 5.96 Å². The third-order valence-corrected chi connectivity index (χ3v) is 4.08. The summed E-state index contributed by atoms with van der Waals surface area (Å²) >= 11 is 3.43. The van der Waals surface area contributed by atoms with Crippen molar-refractivity contribution in [2.75, 3.05) is 20.6 Å². The summed E-state index contributed by atoms with van der Waals surface area (Å²) in [4.78, 5) is 6.27. The van der Waals surface area contributed by atoms with E-state index in [1.54, 1.807) is 32.4 Å². The van der Waals surface area contributed by atoms with Crippen LogP contribution in [0.3, 0.4) is 0 Å². The first-order valence-corrected chi connectivity index (χ1v) is 8.14. The van der Waals surface area contributed by atoms with Gasteiger partial charge in [-0.1, -0.05) is 28.1 Å². The molecule has 0 saturated heterocycles. The summed E-state index contributed by atoms with van der Waals surface area (Å²) in [6.07, 6.45) is 1.55. The van der Waals surface area contributed by atoms with Crippen molar-refractivity contribution >= 4 is 21.9 Å².